The molecular weight excluding hydrogens is 425 g/mol. The Labute approximate surface area is 203 Å². The molecule has 0 saturated heterocycles. The number of hydrogen-bond donors (Lipinski definition) is 0. The quantitative estimate of drug-likeness (QED) is 0.178. The van der Waals surface area contributed by atoms with Gasteiger partial charge in [-0.05, 0) is 74.6 Å². The van der Waals surface area contributed by atoms with Crippen molar-refractivity contribution in [1.29, 1.82) is 0 Å². The average Bonchev–Trinajstić information content (AvgIpc) is 2.85. The predicted octanol–water partition coefficient (Wildman–Crippen LogP) is 8.38. The van der Waals surface area contributed by atoms with Gasteiger partial charge in [0.15, 0.2) is 0 Å². The van der Waals surface area contributed by atoms with E-state index in [9.17, 15) is 4.39 Å². The molecule has 0 aliphatic heterocycles. The van der Waals surface area contributed by atoms with Crippen LogP contribution in [0.1, 0.15) is 57.9 Å². The summed E-state index contributed by atoms with van der Waals surface area (Å²) in [5.74, 6) is 0.493. The molecule has 0 spiro atoms. The zero-order chi connectivity index (χ0) is 24.2. The second-order valence-corrected chi connectivity index (χ2v) is 8.61. The maximum Gasteiger partial charge on any atom is 0.133 e. The summed E-state index contributed by atoms with van der Waals surface area (Å²) in [6.07, 6.45) is 12.7. The minimum atomic E-state index is -0.269. The summed E-state index contributed by atoms with van der Waals surface area (Å²) < 4.78 is 26.3. The smallest absolute Gasteiger partial charge is 0.133 e. The first-order chi connectivity index (χ1) is 16.6. The molecule has 1 heterocycles. The molecule has 1 atom stereocenters. The van der Waals surface area contributed by atoms with Crippen LogP contribution in [-0.2, 0) is 4.74 Å². The van der Waals surface area contributed by atoms with E-state index in [4.69, 9.17) is 9.47 Å². The molecule has 0 N–H and O–H groups in total. The second kappa shape index (κ2) is 13.7. The van der Waals surface area contributed by atoms with Crippen LogP contribution in [0.5, 0.6) is 5.75 Å². The maximum atomic E-state index is 14.9. The third kappa shape index (κ3) is 7.81. The van der Waals surface area contributed by atoms with Crippen molar-refractivity contribution in [2.45, 2.75) is 58.5 Å². The van der Waals surface area contributed by atoms with Gasteiger partial charge in [-0.3, -0.25) is 0 Å². The first kappa shape index (κ1) is 25.6. The number of benzene rings is 2. The third-order valence-corrected chi connectivity index (χ3v) is 5.74. The van der Waals surface area contributed by atoms with Crippen molar-refractivity contribution in [3.63, 3.8) is 0 Å². The fraction of sp³-hybridized carbons (Fsp3) is 0.367. The molecule has 0 bridgehead atoms. The molecule has 0 amide bonds. The van der Waals surface area contributed by atoms with E-state index in [1.54, 1.807) is 18.2 Å². The van der Waals surface area contributed by atoms with E-state index in [0.29, 0.717) is 24.0 Å². The minimum absolute atomic E-state index is 0.269. The molecule has 2 aromatic carbocycles. The number of hydrogen-bond acceptors (Lipinski definition) is 3. The lowest BCUT2D eigenvalue weighted by Crippen LogP contribution is -2.08. The van der Waals surface area contributed by atoms with Crippen LogP contribution in [0.25, 0.3) is 28.2 Å². The summed E-state index contributed by atoms with van der Waals surface area (Å²) in [7, 11) is 0. The minimum Gasteiger partial charge on any atom is -0.490 e. The largest absolute Gasteiger partial charge is 0.490 e. The molecule has 0 fully saturated rings. The summed E-state index contributed by atoms with van der Waals surface area (Å²) >= 11 is 0. The van der Waals surface area contributed by atoms with Crippen molar-refractivity contribution in [3.8, 4) is 17.0 Å². The lowest BCUT2D eigenvalue weighted by Gasteiger charge is -2.12. The molecule has 3 nitrogen and oxygen atoms in total. The van der Waals surface area contributed by atoms with Crippen molar-refractivity contribution < 1.29 is 13.9 Å². The molecule has 1 aromatic heterocycles. The van der Waals surface area contributed by atoms with Crippen LogP contribution in [0, 0.1) is 5.82 Å². The van der Waals surface area contributed by atoms with Crippen molar-refractivity contribution in [2.24, 2.45) is 0 Å². The van der Waals surface area contributed by atoms with Gasteiger partial charge in [0.25, 0.3) is 0 Å². The van der Waals surface area contributed by atoms with Crippen LogP contribution < -0.4 is 4.74 Å². The lowest BCUT2D eigenvalue weighted by atomic mass is 10.1. The highest BCUT2D eigenvalue weighted by Gasteiger charge is 2.09. The van der Waals surface area contributed by atoms with Gasteiger partial charge in [0, 0.05) is 17.6 Å². The van der Waals surface area contributed by atoms with Gasteiger partial charge >= 0.3 is 0 Å². The topological polar surface area (TPSA) is 31.4 Å². The van der Waals surface area contributed by atoms with Gasteiger partial charge in [0.1, 0.15) is 18.2 Å². The summed E-state index contributed by atoms with van der Waals surface area (Å²) in [6, 6.07) is 14.8. The van der Waals surface area contributed by atoms with Crippen molar-refractivity contribution in [3.05, 3.63) is 78.6 Å². The van der Waals surface area contributed by atoms with E-state index in [1.807, 2.05) is 42.5 Å². The molecule has 1 unspecified atom stereocenters. The van der Waals surface area contributed by atoms with E-state index < -0.39 is 0 Å². The SMILES string of the molecule is C=CCOc1ccc2nc(-c3ccc(C=CCCCC(C)OCCCCC)cc3F)ccc2c1. The lowest BCUT2D eigenvalue weighted by molar-refractivity contribution is 0.0566. The third-order valence-electron chi connectivity index (χ3n) is 5.74. The van der Waals surface area contributed by atoms with Gasteiger partial charge in [0.2, 0.25) is 0 Å². The fourth-order valence-corrected chi connectivity index (χ4v) is 3.80. The first-order valence-electron chi connectivity index (χ1n) is 12.3. The summed E-state index contributed by atoms with van der Waals surface area (Å²) in [5.41, 5.74) is 2.78. The molecule has 4 heteroatoms. The van der Waals surface area contributed by atoms with E-state index in [-0.39, 0.29) is 5.82 Å². The zero-order valence-electron chi connectivity index (χ0n) is 20.4. The summed E-state index contributed by atoms with van der Waals surface area (Å²) in [4.78, 5) is 4.65. The summed E-state index contributed by atoms with van der Waals surface area (Å²) in [5, 5.41) is 0.950. The highest BCUT2D eigenvalue weighted by Crippen LogP contribution is 2.27. The van der Waals surface area contributed by atoms with Gasteiger partial charge in [-0.15, -0.1) is 0 Å². The van der Waals surface area contributed by atoms with Crippen molar-refractivity contribution in [2.75, 3.05) is 13.2 Å². The van der Waals surface area contributed by atoms with Gasteiger partial charge in [-0.1, -0.05) is 56.7 Å². The number of nitrogens with zero attached hydrogens (tertiary/aromatic N) is 1. The molecule has 0 radical (unpaired) electrons. The molecule has 34 heavy (non-hydrogen) atoms. The average molecular weight is 462 g/mol. The molecule has 0 aliphatic rings. The van der Waals surface area contributed by atoms with Crippen LogP contribution in [0.4, 0.5) is 4.39 Å². The summed E-state index contributed by atoms with van der Waals surface area (Å²) in [6.45, 7) is 9.31. The Morgan fingerprint density at radius 2 is 1.94 bits per heavy atom. The number of fused-ring (bicyclic) bond motifs is 1. The van der Waals surface area contributed by atoms with Crippen molar-refractivity contribution >= 4 is 17.0 Å². The molecule has 180 valence electrons. The zero-order valence-corrected chi connectivity index (χ0v) is 20.4. The van der Waals surface area contributed by atoms with Gasteiger partial charge < -0.3 is 9.47 Å². The van der Waals surface area contributed by atoms with E-state index in [1.165, 1.54) is 12.8 Å². The van der Waals surface area contributed by atoms with E-state index in [0.717, 1.165) is 54.5 Å². The Hall–Kier alpha value is -2.98. The number of allylic oxidation sites excluding steroid dienone is 1. The predicted molar refractivity (Wildman–Crippen MR) is 141 cm³/mol. The number of halogens is 1. The van der Waals surface area contributed by atoms with E-state index in [2.05, 4.69) is 31.5 Å². The molecular formula is C30H36FNO2. The van der Waals surface area contributed by atoms with Crippen LogP contribution in [0.15, 0.2) is 67.3 Å². The molecule has 3 rings (SSSR count). The van der Waals surface area contributed by atoms with Crippen LogP contribution >= 0.6 is 0 Å². The van der Waals surface area contributed by atoms with E-state index >= 15 is 0 Å². The number of pyridine rings is 1. The van der Waals surface area contributed by atoms with Crippen LogP contribution in [0.3, 0.4) is 0 Å². The van der Waals surface area contributed by atoms with Crippen LogP contribution in [0.2, 0.25) is 0 Å². The number of ether oxygens (including phenoxy) is 2. The molecule has 0 aliphatic carbocycles. The Morgan fingerprint density at radius 1 is 1.06 bits per heavy atom. The Bertz CT molecular complexity index is 1090. The molecule has 3 aromatic rings. The highest BCUT2D eigenvalue weighted by atomic mass is 19.1. The maximum absolute atomic E-state index is 14.9. The van der Waals surface area contributed by atoms with Gasteiger partial charge in [0.05, 0.1) is 17.3 Å². The van der Waals surface area contributed by atoms with Crippen LogP contribution in [-0.4, -0.2) is 24.3 Å². The Morgan fingerprint density at radius 3 is 2.74 bits per heavy atom. The monoisotopic (exact) mass is 461 g/mol. The number of unbranched alkanes of at least 4 members (excludes halogenated alkanes) is 3. The number of aromatic nitrogens is 1. The molecule has 0 saturated carbocycles. The normalized spacial score (nSPS) is 12.3. The van der Waals surface area contributed by atoms with Gasteiger partial charge in [-0.2, -0.15) is 0 Å². The standard InChI is InChI=1S/C30H36FNO2/c1-4-6-10-20-33-23(3)11-8-7-9-12-24-13-16-27(28(31)21-24)30-17-14-25-22-26(34-19-5-2)15-18-29(25)32-30/h5,9,12-18,21-23H,2,4,6-8,10-11,19-20H2,1,3H3. The Balaban J connectivity index is 1.55. The van der Waals surface area contributed by atoms with Gasteiger partial charge in [-0.25, -0.2) is 9.37 Å². The second-order valence-electron chi connectivity index (χ2n) is 8.61. The number of rotatable bonds is 14. The van der Waals surface area contributed by atoms with Crippen molar-refractivity contribution in [1.82, 2.24) is 4.98 Å². The fourth-order valence-electron chi connectivity index (χ4n) is 3.80. The highest BCUT2D eigenvalue weighted by molar-refractivity contribution is 5.83. The Kier molecular flexibility index (Phi) is 10.3. The first-order valence-corrected chi connectivity index (χ1v) is 12.3.